The maximum absolute atomic E-state index is 14.2. The van der Waals surface area contributed by atoms with Crippen molar-refractivity contribution in [1.82, 2.24) is 9.55 Å². The van der Waals surface area contributed by atoms with E-state index in [0.717, 1.165) is 17.0 Å². The summed E-state index contributed by atoms with van der Waals surface area (Å²) in [6.07, 6.45) is 3.19. The van der Waals surface area contributed by atoms with E-state index >= 15 is 0 Å². The first-order valence-electron chi connectivity index (χ1n) is 12.0. The van der Waals surface area contributed by atoms with Crippen LogP contribution in [-0.4, -0.2) is 42.7 Å². The third-order valence-corrected chi connectivity index (χ3v) is 6.32. The normalized spacial score (nSPS) is 12.6. The van der Waals surface area contributed by atoms with Crippen molar-refractivity contribution in [2.45, 2.75) is 53.0 Å². The lowest BCUT2D eigenvalue weighted by molar-refractivity contribution is 0.128. The van der Waals surface area contributed by atoms with Gasteiger partial charge < -0.3 is 14.4 Å². The fraction of sp³-hybridized carbons (Fsp3) is 0.407. The number of carbonyl (C=O) groups is 1. The van der Waals surface area contributed by atoms with Crippen LogP contribution in [0.2, 0.25) is 0 Å². The molecule has 0 fully saturated rings. The predicted molar refractivity (Wildman–Crippen MR) is 142 cm³/mol. The number of aliphatic hydroxyl groups excluding tert-OH is 1. The van der Waals surface area contributed by atoms with Crippen molar-refractivity contribution in [1.29, 1.82) is 0 Å². The third kappa shape index (κ3) is 7.03. The number of rotatable bonds is 9. The highest BCUT2D eigenvalue weighted by Gasteiger charge is 2.28. The molecule has 200 valence electrons. The SMILES string of the molecule is CC(C)Cc1cc(-c2cccc(F)c2)c(N(C(=O)OCCO)S(=O)O)cc1Cn1ccnc1C(C)(C)C. The molecule has 0 aliphatic rings. The molecule has 3 rings (SSSR count). The van der Waals surface area contributed by atoms with E-state index in [1.165, 1.54) is 18.2 Å². The van der Waals surface area contributed by atoms with Crippen LogP contribution in [0.4, 0.5) is 14.9 Å². The van der Waals surface area contributed by atoms with Crippen LogP contribution in [0.5, 0.6) is 0 Å². The number of imidazole rings is 1. The number of halogens is 1. The zero-order valence-corrected chi connectivity index (χ0v) is 22.6. The molecular weight excluding hydrogens is 497 g/mol. The lowest BCUT2D eigenvalue weighted by atomic mass is 9.91. The van der Waals surface area contributed by atoms with Gasteiger partial charge in [0.05, 0.1) is 12.3 Å². The Morgan fingerprint density at radius 2 is 1.95 bits per heavy atom. The fourth-order valence-electron chi connectivity index (χ4n) is 4.21. The number of hydrogen-bond acceptors (Lipinski definition) is 5. The molecule has 0 saturated heterocycles. The van der Waals surface area contributed by atoms with Gasteiger partial charge in [0.15, 0.2) is 0 Å². The molecule has 0 bridgehead atoms. The molecule has 0 aliphatic heterocycles. The second-order valence-electron chi connectivity index (χ2n) is 10.2. The number of anilines is 1. The van der Waals surface area contributed by atoms with Crippen molar-refractivity contribution >= 4 is 23.0 Å². The first-order chi connectivity index (χ1) is 17.4. The zero-order chi connectivity index (χ0) is 27.3. The minimum Gasteiger partial charge on any atom is -0.446 e. The number of nitrogens with zero attached hydrogens (tertiary/aromatic N) is 3. The van der Waals surface area contributed by atoms with Gasteiger partial charge in [-0.3, -0.25) is 4.55 Å². The Balaban J connectivity index is 2.28. The highest BCUT2D eigenvalue weighted by Crippen LogP contribution is 2.37. The monoisotopic (exact) mass is 531 g/mol. The topological polar surface area (TPSA) is 105 Å². The molecule has 8 nitrogen and oxygen atoms in total. The van der Waals surface area contributed by atoms with Gasteiger partial charge in [-0.05, 0) is 53.3 Å². The second kappa shape index (κ2) is 12.0. The standard InChI is InChI=1S/C27H34FN3O5S/c1-18(2)13-20-15-23(19-7-6-8-22(28)14-19)24(31(37(34)35)26(33)36-12-11-32)16-21(20)17-30-10-9-29-25(30)27(3,4)5/h6-10,14-16,18,32H,11-13,17H2,1-5H3,(H,34,35). The molecule has 1 aromatic heterocycles. The molecule has 1 amide bonds. The fourth-order valence-corrected chi connectivity index (χ4v) is 4.71. The van der Waals surface area contributed by atoms with Gasteiger partial charge in [-0.2, -0.15) is 4.31 Å². The van der Waals surface area contributed by atoms with Crippen molar-refractivity contribution in [3.63, 3.8) is 0 Å². The van der Waals surface area contributed by atoms with Crippen LogP contribution in [0.1, 0.15) is 51.6 Å². The summed E-state index contributed by atoms with van der Waals surface area (Å²) in [5, 5.41) is 9.08. The Kier molecular flexibility index (Phi) is 9.22. The smallest absolute Gasteiger partial charge is 0.428 e. The minimum absolute atomic E-state index is 0.0919. The number of ether oxygens (including phenoxy) is 1. The van der Waals surface area contributed by atoms with E-state index in [9.17, 15) is 17.9 Å². The number of benzene rings is 2. The molecule has 0 saturated carbocycles. The van der Waals surface area contributed by atoms with Crippen molar-refractivity contribution in [3.8, 4) is 11.1 Å². The van der Waals surface area contributed by atoms with E-state index < -0.39 is 29.8 Å². The van der Waals surface area contributed by atoms with Gasteiger partial charge in [0.25, 0.3) is 11.3 Å². The van der Waals surface area contributed by atoms with Crippen LogP contribution < -0.4 is 4.31 Å². The predicted octanol–water partition coefficient (Wildman–Crippen LogP) is 5.31. The molecule has 1 atom stereocenters. The van der Waals surface area contributed by atoms with E-state index in [1.54, 1.807) is 18.3 Å². The second-order valence-corrected chi connectivity index (χ2v) is 11.1. The Morgan fingerprint density at radius 1 is 1.22 bits per heavy atom. The molecule has 3 aromatic rings. The Bertz CT molecular complexity index is 1270. The highest BCUT2D eigenvalue weighted by atomic mass is 32.2. The Hall–Kier alpha value is -3.08. The van der Waals surface area contributed by atoms with Crippen LogP contribution in [0.3, 0.4) is 0 Å². The van der Waals surface area contributed by atoms with Crippen LogP contribution in [-0.2, 0) is 34.4 Å². The van der Waals surface area contributed by atoms with Crippen molar-refractivity contribution in [2.24, 2.45) is 5.92 Å². The first-order valence-corrected chi connectivity index (χ1v) is 13.1. The number of carbonyl (C=O) groups excluding carboxylic acids is 1. The number of hydrogen-bond donors (Lipinski definition) is 2. The minimum atomic E-state index is -2.80. The van der Waals surface area contributed by atoms with E-state index in [-0.39, 0.29) is 23.6 Å². The van der Waals surface area contributed by atoms with Gasteiger partial charge in [0.1, 0.15) is 18.2 Å². The zero-order valence-electron chi connectivity index (χ0n) is 21.8. The summed E-state index contributed by atoms with van der Waals surface area (Å²) in [6.45, 7) is 9.97. The van der Waals surface area contributed by atoms with Crippen molar-refractivity contribution in [3.05, 3.63) is 71.6 Å². The molecular formula is C27H34FN3O5S. The molecule has 0 aliphatic carbocycles. The van der Waals surface area contributed by atoms with Crippen LogP contribution >= 0.6 is 0 Å². The summed E-state index contributed by atoms with van der Waals surface area (Å²) >= 11 is -2.80. The summed E-state index contributed by atoms with van der Waals surface area (Å²) in [4.78, 5) is 17.3. The number of aliphatic hydroxyl groups is 1. The number of amides is 1. The van der Waals surface area contributed by atoms with E-state index in [0.29, 0.717) is 28.4 Å². The lowest BCUT2D eigenvalue weighted by Crippen LogP contribution is -2.34. The summed E-state index contributed by atoms with van der Waals surface area (Å²) in [7, 11) is 0. The summed E-state index contributed by atoms with van der Waals surface area (Å²) in [5.41, 5.74) is 2.49. The molecule has 0 radical (unpaired) electrons. The Morgan fingerprint density at radius 3 is 2.54 bits per heavy atom. The van der Waals surface area contributed by atoms with Crippen LogP contribution in [0.15, 0.2) is 48.8 Å². The molecule has 2 N–H and O–H groups in total. The molecule has 1 heterocycles. The number of aromatic nitrogens is 2. The molecule has 0 spiro atoms. The molecule has 1 unspecified atom stereocenters. The maximum atomic E-state index is 14.2. The van der Waals surface area contributed by atoms with Gasteiger partial charge in [-0.1, -0.05) is 46.8 Å². The van der Waals surface area contributed by atoms with Gasteiger partial charge >= 0.3 is 6.09 Å². The molecule has 2 aromatic carbocycles. The quantitative estimate of drug-likeness (QED) is 0.363. The largest absolute Gasteiger partial charge is 0.446 e. The summed E-state index contributed by atoms with van der Waals surface area (Å²) in [5.74, 6) is 0.668. The summed E-state index contributed by atoms with van der Waals surface area (Å²) in [6, 6.07) is 9.34. The maximum Gasteiger partial charge on any atom is 0.428 e. The van der Waals surface area contributed by atoms with E-state index in [1.807, 2.05) is 16.8 Å². The van der Waals surface area contributed by atoms with Crippen LogP contribution in [0.25, 0.3) is 11.1 Å². The summed E-state index contributed by atoms with van der Waals surface area (Å²) < 4.78 is 44.4. The van der Waals surface area contributed by atoms with E-state index in [4.69, 9.17) is 9.84 Å². The molecule has 37 heavy (non-hydrogen) atoms. The first kappa shape index (κ1) is 28.5. The van der Waals surface area contributed by atoms with Gasteiger partial charge in [0, 0.05) is 29.9 Å². The Labute approximate surface area is 219 Å². The average molecular weight is 532 g/mol. The van der Waals surface area contributed by atoms with Crippen molar-refractivity contribution < 1.29 is 27.8 Å². The average Bonchev–Trinajstić information content (AvgIpc) is 3.27. The van der Waals surface area contributed by atoms with Crippen molar-refractivity contribution in [2.75, 3.05) is 17.5 Å². The highest BCUT2D eigenvalue weighted by molar-refractivity contribution is 7.81. The molecule has 10 heteroatoms. The third-order valence-electron chi connectivity index (χ3n) is 5.67. The van der Waals surface area contributed by atoms with Gasteiger partial charge in [0.2, 0.25) is 0 Å². The lowest BCUT2D eigenvalue weighted by Gasteiger charge is -2.25. The van der Waals surface area contributed by atoms with Gasteiger partial charge in [-0.15, -0.1) is 0 Å². The van der Waals surface area contributed by atoms with Crippen LogP contribution in [0, 0.1) is 11.7 Å². The van der Waals surface area contributed by atoms with Gasteiger partial charge in [-0.25, -0.2) is 18.4 Å². The van der Waals surface area contributed by atoms with E-state index in [2.05, 4.69) is 39.6 Å².